The number of hydrogen-bond donors (Lipinski definition) is 0. The normalized spacial score (nSPS) is 14.7. The van der Waals surface area contributed by atoms with E-state index in [1.807, 2.05) is 24.3 Å². The van der Waals surface area contributed by atoms with Crippen LogP contribution in [-0.4, -0.2) is 78.6 Å². The number of ether oxygens (including phenoxy) is 6. The molecule has 0 spiro atoms. The summed E-state index contributed by atoms with van der Waals surface area (Å²) in [4.78, 5) is 4.87. The molecule has 0 aliphatic carbocycles. The van der Waals surface area contributed by atoms with E-state index in [2.05, 4.69) is 9.80 Å². The minimum absolute atomic E-state index is 0.619. The first-order valence-electron chi connectivity index (χ1n) is 10.6. The molecule has 0 amide bonds. The van der Waals surface area contributed by atoms with Crippen molar-refractivity contribution >= 4 is 0 Å². The summed E-state index contributed by atoms with van der Waals surface area (Å²) in [5.41, 5.74) is 2.27. The Bertz CT molecular complexity index is 773. The smallest absolute Gasteiger partial charge is 0.203 e. The molecule has 0 atom stereocenters. The van der Waals surface area contributed by atoms with E-state index in [0.717, 1.165) is 50.4 Å². The van der Waals surface area contributed by atoms with Crippen molar-refractivity contribution in [2.75, 3.05) is 68.8 Å². The number of rotatable bonds is 10. The molecule has 0 radical (unpaired) electrons. The van der Waals surface area contributed by atoms with Crippen molar-refractivity contribution in [1.82, 2.24) is 9.80 Å². The summed E-state index contributed by atoms with van der Waals surface area (Å²) in [5, 5.41) is 0. The van der Waals surface area contributed by atoms with Gasteiger partial charge in [0.1, 0.15) is 0 Å². The molecule has 3 rings (SSSR count). The lowest BCUT2D eigenvalue weighted by Gasteiger charge is -2.35. The fraction of sp³-hybridized carbons (Fsp3) is 0.500. The highest BCUT2D eigenvalue weighted by atomic mass is 16.5. The average Bonchev–Trinajstić information content (AvgIpc) is 2.83. The van der Waals surface area contributed by atoms with Crippen LogP contribution >= 0.6 is 0 Å². The van der Waals surface area contributed by atoms with E-state index in [1.165, 1.54) is 0 Å². The fourth-order valence-corrected chi connectivity index (χ4v) is 4.08. The lowest BCUT2D eigenvalue weighted by molar-refractivity contribution is 0.121. The van der Waals surface area contributed by atoms with E-state index >= 15 is 0 Å². The van der Waals surface area contributed by atoms with Crippen LogP contribution in [0.25, 0.3) is 0 Å². The van der Waals surface area contributed by atoms with Gasteiger partial charge in [0, 0.05) is 39.3 Å². The van der Waals surface area contributed by atoms with E-state index in [4.69, 9.17) is 28.4 Å². The topological polar surface area (TPSA) is 61.9 Å². The molecule has 8 nitrogen and oxygen atoms in total. The van der Waals surface area contributed by atoms with E-state index < -0.39 is 0 Å². The van der Waals surface area contributed by atoms with Gasteiger partial charge in [-0.1, -0.05) is 0 Å². The molecule has 176 valence electrons. The minimum atomic E-state index is 0.619. The quantitative estimate of drug-likeness (QED) is 0.552. The van der Waals surface area contributed by atoms with Crippen LogP contribution in [0.15, 0.2) is 24.3 Å². The highest BCUT2D eigenvalue weighted by Crippen LogP contribution is 2.39. The maximum absolute atomic E-state index is 5.49. The predicted molar refractivity (Wildman–Crippen MR) is 123 cm³/mol. The van der Waals surface area contributed by atoms with Gasteiger partial charge in [0.25, 0.3) is 0 Å². The monoisotopic (exact) mass is 446 g/mol. The third-order valence-electron chi connectivity index (χ3n) is 5.73. The molecule has 0 unspecified atom stereocenters. The molecule has 0 saturated carbocycles. The van der Waals surface area contributed by atoms with Gasteiger partial charge in [-0.3, -0.25) is 9.80 Å². The van der Waals surface area contributed by atoms with Crippen molar-refractivity contribution in [1.29, 1.82) is 0 Å². The molecule has 0 N–H and O–H groups in total. The standard InChI is InChI=1S/C24H34N2O6/c1-27-19-11-17(12-20(28-2)23(19)31-5)15-25-7-9-26(10-8-25)16-18-13-21(29-3)24(32-6)22(14-18)30-4/h11-14H,7-10,15-16H2,1-6H3. The number of piperazine rings is 1. The van der Waals surface area contributed by atoms with Gasteiger partial charge in [-0.25, -0.2) is 0 Å². The Morgan fingerprint density at radius 3 is 1.00 bits per heavy atom. The van der Waals surface area contributed by atoms with Gasteiger partial charge >= 0.3 is 0 Å². The van der Waals surface area contributed by atoms with Crippen molar-refractivity contribution in [2.24, 2.45) is 0 Å². The molecule has 1 aliphatic rings. The van der Waals surface area contributed by atoms with Crippen LogP contribution in [-0.2, 0) is 13.1 Å². The van der Waals surface area contributed by atoms with Gasteiger partial charge < -0.3 is 28.4 Å². The second-order valence-electron chi connectivity index (χ2n) is 7.62. The van der Waals surface area contributed by atoms with Crippen molar-refractivity contribution in [3.05, 3.63) is 35.4 Å². The summed E-state index contributed by atoms with van der Waals surface area (Å²) >= 11 is 0. The Hall–Kier alpha value is -2.84. The summed E-state index contributed by atoms with van der Waals surface area (Å²) in [7, 11) is 9.80. The molecule has 1 heterocycles. The van der Waals surface area contributed by atoms with Crippen LogP contribution in [0.2, 0.25) is 0 Å². The van der Waals surface area contributed by atoms with E-state index in [-0.39, 0.29) is 0 Å². The summed E-state index contributed by atoms with van der Waals surface area (Å²) in [6.45, 7) is 5.55. The highest BCUT2D eigenvalue weighted by molar-refractivity contribution is 5.54. The summed E-state index contributed by atoms with van der Waals surface area (Å²) in [6, 6.07) is 8.07. The van der Waals surface area contributed by atoms with Crippen molar-refractivity contribution < 1.29 is 28.4 Å². The largest absolute Gasteiger partial charge is 0.493 e. The fourth-order valence-electron chi connectivity index (χ4n) is 4.08. The van der Waals surface area contributed by atoms with E-state index in [1.54, 1.807) is 42.7 Å². The van der Waals surface area contributed by atoms with Crippen LogP contribution in [0.5, 0.6) is 34.5 Å². The SMILES string of the molecule is COc1cc(CN2CCN(Cc3cc(OC)c(OC)c(OC)c3)CC2)cc(OC)c1OC. The van der Waals surface area contributed by atoms with E-state index in [9.17, 15) is 0 Å². The number of hydrogen-bond acceptors (Lipinski definition) is 8. The number of nitrogens with zero attached hydrogens (tertiary/aromatic N) is 2. The number of methoxy groups -OCH3 is 6. The van der Waals surface area contributed by atoms with Gasteiger partial charge in [0.05, 0.1) is 42.7 Å². The predicted octanol–water partition coefficient (Wildman–Crippen LogP) is 3.06. The maximum atomic E-state index is 5.49. The van der Waals surface area contributed by atoms with Gasteiger partial charge in [0.2, 0.25) is 11.5 Å². The zero-order valence-electron chi connectivity index (χ0n) is 19.9. The molecule has 2 aromatic rings. The summed E-state index contributed by atoms with van der Waals surface area (Å²) in [5.74, 6) is 3.97. The molecule has 1 fully saturated rings. The van der Waals surface area contributed by atoms with Crippen molar-refractivity contribution in [2.45, 2.75) is 13.1 Å². The highest BCUT2D eigenvalue weighted by Gasteiger charge is 2.21. The zero-order valence-corrected chi connectivity index (χ0v) is 19.9. The summed E-state index contributed by atoms with van der Waals surface area (Å²) in [6.07, 6.45) is 0. The number of benzene rings is 2. The van der Waals surface area contributed by atoms with Gasteiger partial charge in [-0.05, 0) is 35.4 Å². The maximum Gasteiger partial charge on any atom is 0.203 e. The average molecular weight is 447 g/mol. The first kappa shape index (κ1) is 23.8. The van der Waals surface area contributed by atoms with Crippen molar-refractivity contribution in [3.8, 4) is 34.5 Å². The Kier molecular flexibility index (Phi) is 8.30. The van der Waals surface area contributed by atoms with Crippen LogP contribution in [0.3, 0.4) is 0 Å². The van der Waals surface area contributed by atoms with Crippen molar-refractivity contribution in [3.63, 3.8) is 0 Å². The van der Waals surface area contributed by atoms with Gasteiger partial charge in [0.15, 0.2) is 23.0 Å². The Labute approximate surface area is 190 Å². The third-order valence-corrected chi connectivity index (χ3v) is 5.73. The molecule has 0 aromatic heterocycles. The molecular formula is C24H34N2O6. The van der Waals surface area contributed by atoms with Crippen LogP contribution < -0.4 is 28.4 Å². The lowest BCUT2D eigenvalue weighted by atomic mass is 10.1. The minimum Gasteiger partial charge on any atom is -0.493 e. The lowest BCUT2D eigenvalue weighted by Crippen LogP contribution is -2.45. The molecule has 1 aliphatic heterocycles. The molecular weight excluding hydrogens is 412 g/mol. The van der Waals surface area contributed by atoms with Crippen LogP contribution in [0.1, 0.15) is 11.1 Å². The third kappa shape index (κ3) is 5.31. The first-order valence-corrected chi connectivity index (χ1v) is 10.6. The van der Waals surface area contributed by atoms with Crippen LogP contribution in [0, 0.1) is 0 Å². The second kappa shape index (κ2) is 11.2. The van der Waals surface area contributed by atoms with Crippen LogP contribution in [0.4, 0.5) is 0 Å². The van der Waals surface area contributed by atoms with Gasteiger partial charge in [-0.15, -0.1) is 0 Å². The van der Waals surface area contributed by atoms with E-state index in [0.29, 0.717) is 34.5 Å². The molecule has 1 saturated heterocycles. The molecule has 32 heavy (non-hydrogen) atoms. The Morgan fingerprint density at radius 2 is 0.781 bits per heavy atom. The Balaban J connectivity index is 1.63. The summed E-state index contributed by atoms with van der Waals surface area (Å²) < 4.78 is 32.8. The second-order valence-corrected chi connectivity index (χ2v) is 7.62. The molecule has 8 heteroatoms. The van der Waals surface area contributed by atoms with Gasteiger partial charge in [-0.2, -0.15) is 0 Å². The molecule has 0 bridgehead atoms. The Morgan fingerprint density at radius 1 is 0.500 bits per heavy atom. The molecule has 2 aromatic carbocycles. The first-order chi connectivity index (χ1) is 15.6. The zero-order chi connectivity index (χ0) is 23.1.